The minimum atomic E-state index is -0.602. The molecule has 8 nitrogen and oxygen atoms in total. The van der Waals surface area contributed by atoms with Crippen LogP contribution in [0.4, 0.5) is 16.2 Å². The van der Waals surface area contributed by atoms with Crippen LogP contribution in [0, 0.1) is 12.8 Å². The summed E-state index contributed by atoms with van der Waals surface area (Å²) in [6.07, 6.45) is 6.69. The third kappa shape index (κ3) is 9.56. The van der Waals surface area contributed by atoms with Crippen LogP contribution in [0.25, 0.3) is 0 Å². The Kier molecular flexibility index (Phi) is 11.5. The number of ether oxygens (including phenoxy) is 2. The van der Waals surface area contributed by atoms with E-state index >= 15 is 0 Å². The van der Waals surface area contributed by atoms with Gasteiger partial charge in [-0.3, -0.25) is 9.78 Å². The number of carboxylic acids is 1. The van der Waals surface area contributed by atoms with E-state index in [-0.39, 0.29) is 18.1 Å². The zero-order valence-electron chi connectivity index (χ0n) is 21.5. The molecule has 1 heterocycles. The summed E-state index contributed by atoms with van der Waals surface area (Å²) in [5.74, 6) is 0.240. The van der Waals surface area contributed by atoms with Crippen LogP contribution in [0.2, 0.25) is 0 Å². The number of methoxy groups -OCH3 is 1. The van der Waals surface area contributed by atoms with Crippen LogP contribution in [-0.2, 0) is 9.53 Å². The highest BCUT2D eigenvalue weighted by molar-refractivity contribution is 6.01. The predicted octanol–water partition coefficient (Wildman–Crippen LogP) is 6.22. The van der Waals surface area contributed by atoms with E-state index in [1.807, 2.05) is 38.1 Å². The molecule has 0 aliphatic heterocycles. The van der Waals surface area contributed by atoms with E-state index in [9.17, 15) is 9.59 Å². The Morgan fingerprint density at radius 2 is 1.74 bits per heavy atom. The summed E-state index contributed by atoms with van der Waals surface area (Å²) in [7, 11) is 1.62. The molecule has 1 aliphatic rings. The van der Waals surface area contributed by atoms with Crippen LogP contribution >= 0.6 is 0 Å². The Balaban J connectivity index is 0.000000402. The van der Waals surface area contributed by atoms with Crippen LogP contribution in [0.15, 0.2) is 36.5 Å². The van der Waals surface area contributed by atoms with Crippen molar-refractivity contribution < 1.29 is 24.2 Å². The molecule has 3 rings (SSSR count). The number of urea groups is 1. The molecule has 0 bridgehead atoms. The van der Waals surface area contributed by atoms with Crippen molar-refractivity contribution in [3.63, 3.8) is 0 Å². The number of carbonyl (C=O) groups is 2. The van der Waals surface area contributed by atoms with Crippen molar-refractivity contribution >= 4 is 23.4 Å². The number of hydrogen-bond donors (Lipinski definition) is 3. The third-order valence-electron chi connectivity index (χ3n) is 5.77. The number of para-hydroxylation sites is 1. The maximum Gasteiger partial charge on any atom is 0.323 e. The SMILES string of the molecule is COCC(C)Oc1cc(C)ncc1NC(=O)Nc1ccccc1C(C)C.O=C(O)C1CCCCC1. The molecule has 35 heavy (non-hydrogen) atoms. The van der Waals surface area contributed by atoms with Crippen molar-refractivity contribution in [2.24, 2.45) is 5.92 Å². The van der Waals surface area contributed by atoms with Gasteiger partial charge in [-0.05, 0) is 44.2 Å². The van der Waals surface area contributed by atoms with Crippen LogP contribution in [0.1, 0.15) is 70.1 Å². The van der Waals surface area contributed by atoms with Crippen LogP contribution in [-0.4, -0.2) is 41.9 Å². The average molecular weight is 486 g/mol. The first kappa shape index (κ1) is 28.1. The molecule has 1 aromatic heterocycles. The van der Waals surface area contributed by atoms with E-state index in [2.05, 4.69) is 29.5 Å². The number of anilines is 2. The Labute approximate surface area is 208 Å². The number of nitrogens with one attached hydrogen (secondary N) is 2. The Bertz CT molecular complexity index is 958. The summed E-state index contributed by atoms with van der Waals surface area (Å²) in [5.41, 5.74) is 3.18. The topological polar surface area (TPSA) is 110 Å². The van der Waals surface area contributed by atoms with Gasteiger partial charge in [0, 0.05) is 24.6 Å². The van der Waals surface area contributed by atoms with Crippen molar-refractivity contribution in [1.82, 2.24) is 4.98 Å². The summed E-state index contributed by atoms with van der Waals surface area (Å²) in [4.78, 5) is 27.1. The monoisotopic (exact) mass is 485 g/mol. The van der Waals surface area contributed by atoms with Gasteiger partial charge in [-0.2, -0.15) is 0 Å². The predicted molar refractivity (Wildman–Crippen MR) is 138 cm³/mol. The van der Waals surface area contributed by atoms with E-state index in [1.54, 1.807) is 19.4 Å². The summed E-state index contributed by atoms with van der Waals surface area (Å²) in [6, 6.07) is 9.22. The molecule has 192 valence electrons. The van der Waals surface area contributed by atoms with Gasteiger partial charge < -0.3 is 25.2 Å². The highest BCUT2D eigenvalue weighted by Gasteiger charge is 2.19. The molecule has 1 atom stereocenters. The lowest BCUT2D eigenvalue weighted by Gasteiger charge is -2.18. The van der Waals surface area contributed by atoms with E-state index in [4.69, 9.17) is 14.6 Å². The molecule has 0 radical (unpaired) electrons. The molecule has 8 heteroatoms. The van der Waals surface area contributed by atoms with Gasteiger partial charge in [0.1, 0.15) is 17.5 Å². The number of aliphatic carboxylic acids is 1. The third-order valence-corrected chi connectivity index (χ3v) is 5.77. The zero-order valence-corrected chi connectivity index (χ0v) is 21.5. The zero-order chi connectivity index (χ0) is 25.8. The number of carboxylic acid groups (broad SMARTS) is 1. The molecule has 1 saturated carbocycles. The van der Waals surface area contributed by atoms with Crippen molar-refractivity contribution in [2.45, 2.75) is 71.8 Å². The number of nitrogens with zero attached hydrogens (tertiary/aromatic N) is 1. The normalized spacial score (nSPS) is 14.5. The Hall–Kier alpha value is -3.13. The summed E-state index contributed by atoms with van der Waals surface area (Å²) >= 11 is 0. The number of carbonyl (C=O) groups excluding carboxylic acids is 1. The van der Waals surface area contributed by atoms with Gasteiger partial charge in [0.05, 0.1) is 18.7 Å². The van der Waals surface area contributed by atoms with Crippen LogP contribution in [0.5, 0.6) is 5.75 Å². The fourth-order valence-corrected chi connectivity index (χ4v) is 3.95. The average Bonchev–Trinajstić information content (AvgIpc) is 2.82. The maximum absolute atomic E-state index is 12.5. The standard InChI is InChI=1S/C20H27N3O3.C7H12O2/c1-13(2)16-8-6-7-9-17(16)22-20(24)23-18-11-21-14(3)10-19(18)26-15(4)12-25-5;8-7(9)6-4-2-1-3-5-6/h6-11,13,15H,12H2,1-5H3,(H2,22,23,24);6H,1-5H2,(H,8,9). The van der Waals surface area contributed by atoms with Gasteiger partial charge in [0.15, 0.2) is 0 Å². The molecule has 0 saturated heterocycles. The fraction of sp³-hybridized carbons (Fsp3) is 0.519. The molecular formula is C27H39N3O5. The molecule has 2 amide bonds. The molecule has 2 aromatic rings. The highest BCUT2D eigenvalue weighted by atomic mass is 16.5. The van der Waals surface area contributed by atoms with Gasteiger partial charge in [0.2, 0.25) is 0 Å². The van der Waals surface area contributed by atoms with Crippen LogP contribution in [0.3, 0.4) is 0 Å². The Morgan fingerprint density at radius 1 is 1.09 bits per heavy atom. The lowest BCUT2D eigenvalue weighted by Crippen LogP contribution is -2.23. The second kappa shape index (κ2) is 14.3. The van der Waals surface area contributed by atoms with Gasteiger partial charge >= 0.3 is 12.0 Å². The molecule has 1 aromatic carbocycles. The first-order valence-corrected chi connectivity index (χ1v) is 12.2. The fourth-order valence-electron chi connectivity index (χ4n) is 3.95. The second-order valence-corrected chi connectivity index (χ2v) is 9.20. The van der Waals surface area contributed by atoms with E-state index in [1.165, 1.54) is 6.42 Å². The van der Waals surface area contributed by atoms with Crippen molar-refractivity contribution in [2.75, 3.05) is 24.4 Å². The van der Waals surface area contributed by atoms with Crippen molar-refractivity contribution in [3.8, 4) is 5.75 Å². The van der Waals surface area contributed by atoms with Gasteiger partial charge in [-0.1, -0.05) is 51.3 Å². The summed E-state index contributed by atoms with van der Waals surface area (Å²) < 4.78 is 11.0. The smallest absolute Gasteiger partial charge is 0.323 e. The first-order chi connectivity index (χ1) is 16.7. The quantitative estimate of drug-likeness (QED) is 0.409. The molecule has 1 unspecified atom stereocenters. The number of rotatable bonds is 8. The van der Waals surface area contributed by atoms with Crippen LogP contribution < -0.4 is 15.4 Å². The Morgan fingerprint density at radius 3 is 2.34 bits per heavy atom. The van der Waals surface area contributed by atoms with Gasteiger partial charge in [0.25, 0.3) is 0 Å². The summed E-state index contributed by atoms with van der Waals surface area (Å²) in [5, 5.41) is 14.3. The number of benzene rings is 1. The minimum Gasteiger partial charge on any atom is -0.486 e. The number of aromatic nitrogens is 1. The lowest BCUT2D eigenvalue weighted by atomic mass is 9.90. The van der Waals surface area contributed by atoms with E-state index in [0.717, 1.165) is 42.6 Å². The molecule has 1 aliphatic carbocycles. The molecule has 0 spiro atoms. The molecule has 1 fully saturated rings. The first-order valence-electron chi connectivity index (χ1n) is 12.2. The number of amides is 2. The lowest BCUT2D eigenvalue weighted by molar-refractivity contribution is -0.142. The maximum atomic E-state index is 12.5. The van der Waals surface area contributed by atoms with Gasteiger partial charge in [-0.15, -0.1) is 0 Å². The van der Waals surface area contributed by atoms with Gasteiger partial charge in [-0.25, -0.2) is 4.79 Å². The second-order valence-electron chi connectivity index (χ2n) is 9.20. The summed E-state index contributed by atoms with van der Waals surface area (Å²) in [6.45, 7) is 8.41. The van der Waals surface area contributed by atoms with E-state index in [0.29, 0.717) is 24.0 Å². The highest BCUT2D eigenvalue weighted by Crippen LogP contribution is 2.27. The number of hydrogen-bond acceptors (Lipinski definition) is 5. The van der Waals surface area contributed by atoms with Crippen molar-refractivity contribution in [1.29, 1.82) is 0 Å². The molecular weight excluding hydrogens is 446 g/mol. The molecule has 3 N–H and O–H groups in total. The van der Waals surface area contributed by atoms with Crippen molar-refractivity contribution in [3.05, 3.63) is 47.8 Å². The number of pyridine rings is 1. The number of aryl methyl sites for hydroxylation is 1. The van der Waals surface area contributed by atoms with E-state index < -0.39 is 5.97 Å². The largest absolute Gasteiger partial charge is 0.486 e. The minimum absolute atomic E-state index is 0.0289.